The number of nitrogens with zero attached hydrogens (tertiary/aromatic N) is 3. The van der Waals surface area contributed by atoms with E-state index in [0.29, 0.717) is 6.42 Å². The summed E-state index contributed by atoms with van der Waals surface area (Å²) in [5.41, 5.74) is 0.990. The smallest absolute Gasteiger partial charge is 0.123 e. The molecule has 1 aromatic rings. The molecule has 0 amide bonds. The number of hydrogen-bond donors (Lipinski definition) is 0. The zero-order valence-corrected chi connectivity index (χ0v) is 6.69. The molecule has 1 rings (SSSR count). The summed E-state index contributed by atoms with van der Waals surface area (Å²) in [6.07, 6.45) is 3.33. The van der Waals surface area contributed by atoms with Gasteiger partial charge in [-0.25, -0.2) is 0 Å². The van der Waals surface area contributed by atoms with Crippen LogP contribution in [0.1, 0.15) is 12.6 Å². The molecular weight excluding hydrogens is 142 g/mol. The van der Waals surface area contributed by atoms with Crippen molar-refractivity contribution in [3.05, 3.63) is 11.9 Å². The highest BCUT2D eigenvalue weighted by molar-refractivity contribution is 5.53. The van der Waals surface area contributed by atoms with Gasteiger partial charge in [-0.1, -0.05) is 12.1 Å². The van der Waals surface area contributed by atoms with Crippen molar-refractivity contribution in [3.63, 3.8) is 0 Å². The van der Waals surface area contributed by atoms with Gasteiger partial charge < -0.3 is 4.79 Å². The van der Waals surface area contributed by atoms with Gasteiger partial charge in [-0.15, -0.1) is 5.10 Å². The molecule has 0 radical (unpaired) electrons. The van der Waals surface area contributed by atoms with Crippen LogP contribution in [0, 0.1) is 5.92 Å². The molecule has 0 fully saturated rings. The number of aryl methyl sites for hydroxylation is 1. The van der Waals surface area contributed by atoms with Crippen LogP contribution in [-0.2, 0) is 18.3 Å². The molecular formula is C7H11N3O. The maximum Gasteiger partial charge on any atom is 0.123 e. The molecule has 0 spiro atoms. The number of aldehydes is 1. The van der Waals surface area contributed by atoms with Crippen LogP contribution in [0.25, 0.3) is 0 Å². The molecule has 0 aromatic carbocycles. The van der Waals surface area contributed by atoms with Crippen LogP contribution in [0.5, 0.6) is 0 Å². The summed E-state index contributed by atoms with van der Waals surface area (Å²) in [7, 11) is 1.82. The minimum absolute atomic E-state index is 0.0483. The van der Waals surface area contributed by atoms with Gasteiger partial charge in [0.15, 0.2) is 0 Å². The summed E-state index contributed by atoms with van der Waals surface area (Å²) in [6, 6.07) is 0. The van der Waals surface area contributed by atoms with Crippen molar-refractivity contribution in [3.8, 4) is 0 Å². The molecule has 1 aromatic heterocycles. The van der Waals surface area contributed by atoms with Crippen LogP contribution >= 0.6 is 0 Å². The van der Waals surface area contributed by atoms with Crippen molar-refractivity contribution >= 4 is 6.29 Å². The number of rotatable bonds is 3. The predicted molar refractivity (Wildman–Crippen MR) is 39.9 cm³/mol. The van der Waals surface area contributed by atoms with Crippen LogP contribution in [0.3, 0.4) is 0 Å². The molecule has 60 valence electrons. The van der Waals surface area contributed by atoms with Crippen molar-refractivity contribution in [1.29, 1.82) is 0 Å². The zero-order valence-electron chi connectivity index (χ0n) is 6.69. The molecule has 4 nitrogen and oxygen atoms in total. The first-order valence-electron chi connectivity index (χ1n) is 3.53. The lowest BCUT2D eigenvalue weighted by molar-refractivity contribution is -0.110. The standard InChI is InChI=1S/C7H11N3O/c1-6(5-11)3-7-4-8-9-10(7)2/h4-6H,3H2,1-2H3. The number of aromatic nitrogens is 3. The van der Waals surface area contributed by atoms with Crippen molar-refractivity contribution in [2.75, 3.05) is 0 Å². The average molecular weight is 153 g/mol. The van der Waals surface area contributed by atoms with E-state index in [2.05, 4.69) is 10.3 Å². The van der Waals surface area contributed by atoms with E-state index in [1.54, 1.807) is 10.9 Å². The SMILES string of the molecule is CC(C=O)Cc1cnnn1C. The highest BCUT2D eigenvalue weighted by Gasteiger charge is 2.04. The van der Waals surface area contributed by atoms with Crippen molar-refractivity contribution in [1.82, 2.24) is 15.0 Å². The van der Waals surface area contributed by atoms with E-state index < -0.39 is 0 Å². The molecule has 4 heteroatoms. The monoisotopic (exact) mass is 153 g/mol. The fraction of sp³-hybridized carbons (Fsp3) is 0.571. The van der Waals surface area contributed by atoms with E-state index in [1.807, 2.05) is 14.0 Å². The fourth-order valence-electron chi connectivity index (χ4n) is 0.874. The van der Waals surface area contributed by atoms with E-state index in [4.69, 9.17) is 0 Å². The maximum atomic E-state index is 10.3. The van der Waals surface area contributed by atoms with Gasteiger partial charge in [-0.2, -0.15) is 0 Å². The summed E-state index contributed by atoms with van der Waals surface area (Å²) < 4.78 is 1.68. The van der Waals surface area contributed by atoms with Crippen molar-refractivity contribution in [2.45, 2.75) is 13.3 Å². The summed E-state index contributed by atoms with van der Waals surface area (Å²) in [5, 5.41) is 7.46. The van der Waals surface area contributed by atoms with Gasteiger partial charge in [0, 0.05) is 19.4 Å². The number of carbonyl (C=O) groups excluding carboxylic acids is 1. The first-order chi connectivity index (χ1) is 5.24. The van der Waals surface area contributed by atoms with Gasteiger partial charge in [0.05, 0.1) is 11.9 Å². The van der Waals surface area contributed by atoms with Gasteiger partial charge in [0.1, 0.15) is 6.29 Å². The Bertz CT molecular complexity index is 244. The lowest BCUT2D eigenvalue weighted by atomic mass is 10.1. The molecule has 1 atom stereocenters. The second kappa shape index (κ2) is 3.27. The maximum absolute atomic E-state index is 10.3. The molecule has 0 aliphatic rings. The van der Waals surface area contributed by atoms with E-state index in [0.717, 1.165) is 12.0 Å². The summed E-state index contributed by atoms with van der Waals surface area (Å²) in [6.45, 7) is 1.88. The van der Waals surface area contributed by atoms with Crippen LogP contribution in [0.4, 0.5) is 0 Å². The normalized spacial score (nSPS) is 12.9. The summed E-state index contributed by atoms with van der Waals surface area (Å²) in [4.78, 5) is 10.3. The fourth-order valence-corrected chi connectivity index (χ4v) is 0.874. The first kappa shape index (κ1) is 7.91. The van der Waals surface area contributed by atoms with Gasteiger partial charge in [0.25, 0.3) is 0 Å². The van der Waals surface area contributed by atoms with Crippen LogP contribution in [0.2, 0.25) is 0 Å². The Hall–Kier alpha value is -1.19. The van der Waals surface area contributed by atoms with Crippen LogP contribution < -0.4 is 0 Å². The zero-order chi connectivity index (χ0) is 8.27. The molecule has 0 N–H and O–H groups in total. The lowest BCUT2D eigenvalue weighted by Gasteiger charge is -2.01. The Kier molecular flexibility index (Phi) is 2.36. The molecule has 0 saturated heterocycles. The largest absolute Gasteiger partial charge is 0.303 e. The third-order valence-electron chi connectivity index (χ3n) is 1.57. The van der Waals surface area contributed by atoms with E-state index in [1.165, 1.54) is 0 Å². The Balaban J connectivity index is 2.63. The van der Waals surface area contributed by atoms with E-state index in [-0.39, 0.29) is 5.92 Å². The summed E-state index contributed by atoms with van der Waals surface area (Å²) >= 11 is 0. The van der Waals surface area contributed by atoms with E-state index >= 15 is 0 Å². The summed E-state index contributed by atoms with van der Waals surface area (Å²) in [5.74, 6) is 0.0483. The third kappa shape index (κ3) is 1.86. The second-order valence-corrected chi connectivity index (χ2v) is 2.67. The lowest BCUT2D eigenvalue weighted by Crippen LogP contribution is -2.05. The highest BCUT2D eigenvalue weighted by Crippen LogP contribution is 2.02. The molecule has 0 aliphatic heterocycles. The topological polar surface area (TPSA) is 47.8 Å². The molecule has 0 bridgehead atoms. The molecule has 1 unspecified atom stereocenters. The molecule has 0 aliphatic carbocycles. The highest BCUT2D eigenvalue weighted by atomic mass is 16.1. The average Bonchev–Trinajstić information content (AvgIpc) is 2.37. The Morgan fingerprint density at radius 2 is 2.55 bits per heavy atom. The van der Waals surface area contributed by atoms with Gasteiger partial charge in [-0.3, -0.25) is 4.68 Å². The number of hydrogen-bond acceptors (Lipinski definition) is 3. The van der Waals surface area contributed by atoms with Gasteiger partial charge >= 0.3 is 0 Å². The molecule has 0 saturated carbocycles. The second-order valence-electron chi connectivity index (χ2n) is 2.67. The molecule has 1 heterocycles. The Labute approximate surface area is 65.2 Å². The first-order valence-corrected chi connectivity index (χ1v) is 3.53. The van der Waals surface area contributed by atoms with Crippen LogP contribution in [0.15, 0.2) is 6.20 Å². The minimum atomic E-state index is 0.0483. The van der Waals surface area contributed by atoms with Gasteiger partial charge in [0.2, 0.25) is 0 Å². The Morgan fingerprint density at radius 1 is 1.82 bits per heavy atom. The van der Waals surface area contributed by atoms with Crippen molar-refractivity contribution < 1.29 is 4.79 Å². The quantitative estimate of drug-likeness (QED) is 0.582. The third-order valence-corrected chi connectivity index (χ3v) is 1.57. The molecule has 11 heavy (non-hydrogen) atoms. The van der Waals surface area contributed by atoms with E-state index in [9.17, 15) is 4.79 Å². The minimum Gasteiger partial charge on any atom is -0.303 e. The Morgan fingerprint density at radius 3 is 3.00 bits per heavy atom. The number of carbonyl (C=O) groups is 1. The van der Waals surface area contributed by atoms with Crippen molar-refractivity contribution in [2.24, 2.45) is 13.0 Å². The van der Waals surface area contributed by atoms with Crippen LogP contribution in [-0.4, -0.2) is 21.3 Å². The predicted octanol–water partition coefficient (Wildman–Crippen LogP) is 0.193. The van der Waals surface area contributed by atoms with Gasteiger partial charge in [-0.05, 0) is 0 Å².